The summed E-state index contributed by atoms with van der Waals surface area (Å²) in [4.78, 5) is 3.90. The lowest BCUT2D eigenvalue weighted by Crippen LogP contribution is -2.14. The Morgan fingerprint density at radius 3 is 3.00 bits per heavy atom. The Morgan fingerprint density at radius 2 is 2.40 bits per heavy atom. The van der Waals surface area contributed by atoms with Gasteiger partial charge in [-0.05, 0) is 12.5 Å². The van der Waals surface area contributed by atoms with E-state index >= 15 is 0 Å². The lowest BCUT2D eigenvalue weighted by Gasteiger charge is -2.10. The molecule has 2 unspecified atom stereocenters. The van der Waals surface area contributed by atoms with Crippen molar-refractivity contribution in [3.05, 3.63) is 18.3 Å². The van der Waals surface area contributed by atoms with Gasteiger partial charge in [-0.1, -0.05) is 6.92 Å². The summed E-state index contributed by atoms with van der Waals surface area (Å²) < 4.78 is 11.1. The largest absolute Gasteiger partial charge is 0.385 e. The molecule has 15 heavy (non-hydrogen) atoms. The second-order valence-electron chi connectivity index (χ2n) is 3.49. The third-order valence-electron chi connectivity index (χ3n) is 2.23. The molecule has 0 fully saturated rings. The van der Waals surface area contributed by atoms with E-state index in [1.165, 1.54) is 0 Å². The number of hydrogen-bond donors (Lipinski definition) is 2. The zero-order valence-corrected chi connectivity index (χ0v) is 9.88. The minimum absolute atomic E-state index is 0.219. The Hall–Kier alpha value is -1.10. The van der Waals surface area contributed by atoms with E-state index in [0.717, 1.165) is 18.7 Å². The van der Waals surface area contributed by atoms with Crippen LogP contribution in [-0.2, 0) is 10.8 Å². The highest BCUT2D eigenvalue weighted by Crippen LogP contribution is 2.09. The summed E-state index contributed by atoms with van der Waals surface area (Å²) in [5.74, 6) is 0.507. The molecule has 0 bridgehead atoms. The first-order chi connectivity index (χ1) is 7.09. The minimum Gasteiger partial charge on any atom is -0.385 e. The van der Waals surface area contributed by atoms with Gasteiger partial charge in [-0.2, -0.15) is 0 Å². The first-order valence-corrected chi connectivity index (χ1v) is 6.49. The average molecular weight is 227 g/mol. The van der Waals surface area contributed by atoms with Crippen LogP contribution in [0.25, 0.3) is 0 Å². The SMILES string of the molecule is CC(CCNc1ccnc(N)c1)S(C)=O. The molecular weight excluding hydrogens is 210 g/mol. The molecule has 1 aromatic rings. The van der Waals surface area contributed by atoms with E-state index in [-0.39, 0.29) is 5.25 Å². The van der Waals surface area contributed by atoms with Crippen molar-refractivity contribution >= 4 is 22.3 Å². The molecule has 0 amide bonds. The quantitative estimate of drug-likeness (QED) is 0.794. The summed E-state index contributed by atoms with van der Waals surface area (Å²) in [7, 11) is -0.750. The fraction of sp³-hybridized carbons (Fsp3) is 0.500. The van der Waals surface area contributed by atoms with Crippen molar-refractivity contribution in [2.24, 2.45) is 0 Å². The minimum atomic E-state index is -0.750. The van der Waals surface area contributed by atoms with Crippen LogP contribution in [0, 0.1) is 0 Å². The van der Waals surface area contributed by atoms with Gasteiger partial charge in [-0.3, -0.25) is 4.21 Å². The van der Waals surface area contributed by atoms with E-state index < -0.39 is 10.8 Å². The van der Waals surface area contributed by atoms with Crippen LogP contribution in [0.5, 0.6) is 0 Å². The van der Waals surface area contributed by atoms with E-state index in [1.807, 2.05) is 13.0 Å². The van der Waals surface area contributed by atoms with Crippen molar-refractivity contribution < 1.29 is 4.21 Å². The Morgan fingerprint density at radius 1 is 1.67 bits per heavy atom. The zero-order chi connectivity index (χ0) is 11.3. The van der Waals surface area contributed by atoms with Gasteiger partial charge in [-0.25, -0.2) is 4.98 Å². The molecule has 0 aliphatic carbocycles. The van der Waals surface area contributed by atoms with Gasteiger partial charge in [0.05, 0.1) is 0 Å². The molecule has 0 saturated heterocycles. The summed E-state index contributed by atoms with van der Waals surface area (Å²) in [6, 6.07) is 3.65. The number of pyridine rings is 1. The number of nitrogen functional groups attached to an aromatic ring is 1. The van der Waals surface area contributed by atoms with Gasteiger partial charge < -0.3 is 11.1 Å². The molecule has 2 atom stereocenters. The second-order valence-corrected chi connectivity index (χ2v) is 5.30. The van der Waals surface area contributed by atoms with E-state index in [1.54, 1.807) is 18.5 Å². The maximum atomic E-state index is 11.1. The maximum absolute atomic E-state index is 11.1. The van der Waals surface area contributed by atoms with E-state index in [9.17, 15) is 4.21 Å². The summed E-state index contributed by atoms with van der Waals surface area (Å²) in [6.07, 6.45) is 4.28. The predicted molar refractivity (Wildman–Crippen MR) is 65.3 cm³/mol. The standard InChI is InChI=1S/C10H17N3OS/c1-8(15(2)14)3-5-12-9-4-6-13-10(11)7-9/h4,6-8H,3,5H2,1-2H3,(H3,11,12,13). The third-order valence-corrected chi connectivity index (χ3v) is 3.60. The van der Waals surface area contributed by atoms with Gasteiger partial charge in [0.25, 0.3) is 0 Å². The van der Waals surface area contributed by atoms with Gasteiger partial charge in [-0.15, -0.1) is 0 Å². The highest BCUT2D eigenvalue weighted by atomic mass is 32.2. The lowest BCUT2D eigenvalue weighted by molar-refractivity contribution is 0.672. The molecule has 0 aliphatic heterocycles. The summed E-state index contributed by atoms with van der Waals surface area (Å²) in [5, 5.41) is 3.44. The number of nitrogens with one attached hydrogen (secondary N) is 1. The van der Waals surface area contributed by atoms with Crippen molar-refractivity contribution in [1.29, 1.82) is 0 Å². The van der Waals surface area contributed by atoms with Crippen molar-refractivity contribution in [3.63, 3.8) is 0 Å². The van der Waals surface area contributed by atoms with Crippen LogP contribution in [0.1, 0.15) is 13.3 Å². The first kappa shape index (κ1) is 12.0. The molecule has 0 aromatic carbocycles. The van der Waals surface area contributed by atoms with E-state index in [0.29, 0.717) is 5.82 Å². The van der Waals surface area contributed by atoms with Crippen LogP contribution in [0.4, 0.5) is 11.5 Å². The van der Waals surface area contributed by atoms with Crippen LogP contribution in [0.2, 0.25) is 0 Å². The molecule has 5 heteroatoms. The Balaban J connectivity index is 2.35. The normalized spacial score (nSPS) is 14.5. The zero-order valence-electron chi connectivity index (χ0n) is 9.06. The maximum Gasteiger partial charge on any atom is 0.125 e. The fourth-order valence-electron chi connectivity index (χ4n) is 1.14. The van der Waals surface area contributed by atoms with Crippen molar-refractivity contribution in [2.45, 2.75) is 18.6 Å². The number of rotatable bonds is 5. The van der Waals surface area contributed by atoms with E-state index in [2.05, 4.69) is 10.3 Å². The second kappa shape index (κ2) is 5.70. The Bertz CT molecular complexity index is 343. The Kier molecular flexibility index (Phi) is 4.55. The molecule has 1 heterocycles. The van der Waals surface area contributed by atoms with Gasteiger partial charge >= 0.3 is 0 Å². The van der Waals surface area contributed by atoms with Crippen LogP contribution in [0.3, 0.4) is 0 Å². The van der Waals surface area contributed by atoms with E-state index in [4.69, 9.17) is 5.73 Å². The molecule has 4 nitrogen and oxygen atoms in total. The molecular formula is C10H17N3OS. The van der Waals surface area contributed by atoms with Crippen LogP contribution < -0.4 is 11.1 Å². The Labute approximate surface area is 92.7 Å². The fourth-order valence-corrected chi connectivity index (χ4v) is 1.59. The number of aromatic nitrogens is 1. The van der Waals surface area contributed by atoms with Crippen LogP contribution >= 0.6 is 0 Å². The lowest BCUT2D eigenvalue weighted by atomic mass is 10.3. The van der Waals surface area contributed by atoms with Crippen LogP contribution in [0.15, 0.2) is 18.3 Å². The third kappa shape index (κ3) is 4.29. The summed E-state index contributed by atoms with van der Waals surface area (Å²) >= 11 is 0. The summed E-state index contributed by atoms with van der Waals surface area (Å²) in [5.41, 5.74) is 6.49. The molecule has 0 radical (unpaired) electrons. The highest BCUT2D eigenvalue weighted by Gasteiger charge is 2.04. The molecule has 1 aromatic heterocycles. The molecule has 0 spiro atoms. The molecule has 0 aliphatic rings. The molecule has 84 valence electrons. The number of hydrogen-bond acceptors (Lipinski definition) is 4. The molecule has 1 rings (SSSR count). The number of anilines is 2. The topological polar surface area (TPSA) is 68.0 Å². The molecule has 3 N–H and O–H groups in total. The van der Waals surface area contributed by atoms with Gasteiger partial charge in [0.1, 0.15) is 5.82 Å². The van der Waals surface area contributed by atoms with Gasteiger partial charge in [0.15, 0.2) is 0 Å². The van der Waals surface area contributed by atoms with Gasteiger partial charge in [0.2, 0.25) is 0 Å². The van der Waals surface area contributed by atoms with Crippen LogP contribution in [-0.4, -0.2) is 27.2 Å². The average Bonchev–Trinajstić information content (AvgIpc) is 2.17. The summed E-state index contributed by atoms with van der Waals surface area (Å²) in [6.45, 7) is 2.78. The van der Waals surface area contributed by atoms with Gasteiger partial charge in [0, 0.05) is 46.8 Å². The number of nitrogens with two attached hydrogens (primary N) is 1. The first-order valence-electron chi connectivity index (χ1n) is 4.87. The molecule has 0 saturated carbocycles. The predicted octanol–water partition coefficient (Wildman–Crippen LogP) is 1.23. The smallest absolute Gasteiger partial charge is 0.125 e. The number of nitrogens with zero attached hydrogens (tertiary/aromatic N) is 1. The van der Waals surface area contributed by atoms with Crippen molar-refractivity contribution in [1.82, 2.24) is 4.98 Å². The van der Waals surface area contributed by atoms with Crippen molar-refractivity contribution in [3.8, 4) is 0 Å². The van der Waals surface area contributed by atoms with Crippen molar-refractivity contribution in [2.75, 3.05) is 23.9 Å². The monoisotopic (exact) mass is 227 g/mol. The highest BCUT2D eigenvalue weighted by molar-refractivity contribution is 7.84.